The van der Waals surface area contributed by atoms with Crippen molar-refractivity contribution < 1.29 is 53.4 Å². The highest BCUT2D eigenvalue weighted by molar-refractivity contribution is 8.76. The number of aromatic hydroxyl groups is 1. The van der Waals surface area contributed by atoms with Gasteiger partial charge in [0.15, 0.2) is 17.5 Å². The van der Waals surface area contributed by atoms with Crippen molar-refractivity contribution in [2.75, 3.05) is 24.6 Å². The molecular weight excluding hydrogens is 1090 g/mol. The number of carboxylic acids is 1. The number of imidazole rings is 2. The van der Waals surface area contributed by atoms with Gasteiger partial charge in [0.05, 0.1) is 30.7 Å². The summed E-state index contributed by atoms with van der Waals surface area (Å²) in [5, 5.41) is 33.7. The van der Waals surface area contributed by atoms with Crippen LogP contribution in [0.4, 0.5) is 0 Å². The first-order valence-corrected chi connectivity index (χ1v) is 30.0. The lowest BCUT2D eigenvalue weighted by atomic mass is 9.85. The highest BCUT2D eigenvalue weighted by atomic mass is 33.1. The molecule has 26 heteroatoms. The highest BCUT2D eigenvalue weighted by Gasteiger charge is 2.41. The van der Waals surface area contributed by atoms with Crippen LogP contribution < -0.4 is 38.1 Å². The minimum Gasteiger partial charge on any atom is -0.508 e. The minimum absolute atomic E-state index is 0.0104. The number of carbonyl (C=O) groups is 9. The number of carbonyl (C=O) groups excluding carboxylic acids is 8. The maximum atomic E-state index is 14.8. The summed E-state index contributed by atoms with van der Waals surface area (Å²) in [7, 11) is 2.99. The number of phenolic OH excluding ortho intramolecular Hbond substituents is 1. The van der Waals surface area contributed by atoms with Crippen molar-refractivity contribution in [3.63, 3.8) is 0 Å². The van der Waals surface area contributed by atoms with Crippen molar-refractivity contribution in [1.29, 1.82) is 0 Å². The van der Waals surface area contributed by atoms with Gasteiger partial charge in [0.2, 0.25) is 35.4 Å². The Bertz CT molecular complexity index is 2660. The summed E-state index contributed by atoms with van der Waals surface area (Å²) >= 11 is 0. The average molecular weight is 1180 g/mol. The third kappa shape index (κ3) is 22.3. The number of likely N-dealkylation sites (tertiary alicyclic amines) is 1. The fraction of sp³-hybridized carbons (Fsp3) is 0.571. The molecule has 3 heterocycles. The smallest absolute Gasteiger partial charge is 0.326 e. The van der Waals surface area contributed by atoms with Crippen molar-refractivity contribution in [3.8, 4) is 5.75 Å². The monoisotopic (exact) mass is 1180 g/mol. The number of carboxylic acid groups (broad SMARTS) is 1. The number of aromatic amines is 2. The summed E-state index contributed by atoms with van der Waals surface area (Å²) in [6.45, 7) is 17.1. The molecule has 1 aromatic carbocycles. The van der Waals surface area contributed by atoms with Gasteiger partial charge in [-0.25, -0.2) is 14.8 Å². The molecule has 1 unspecified atom stereocenters. The summed E-state index contributed by atoms with van der Waals surface area (Å²) in [6, 6.07) is -1.11. The lowest BCUT2D eigenvalue weighted by Crippen LogP contribution is -2.58. The third-order valence-electron chi connectivity index (χ3n) is 14.4. The average Bonchev–Trinajstić information content (AvgIpc) is 4.26. The van der Waals surface area contributed by atoms with Gasteiger partial charge in [0.1, 0.15) is 29.9 Å². The molecule has 24 nitrogen and oxygen atoms in total. The molecule has 1 aliphatic rings. The molecule has 1 saturated heterocycles. The summed E-state index contributed by atoms with van der Waals surface area (Å²) in [6.07, 6.45) is 6.97. The second-order valence-electron chi connectivity index (χ2n) is 21.8. The van der Waals surface area contributed by atoms with Gasteiger partial charge in [-0.3, -0.25) is 43.3 Å². The molecule has 2 aromatic heterocycles. The van der Waals surface area contributed by atoms with Crippen LogP contribution in [0, 0.1) is 23.2 Å². The van der Waals surface area contributed by atoms with Crippen molar-refractivity contribution in [1.82, 2.24) is 51.4 Å². The van der Waals surface area contributed by atoms with Gasteiger partial charge in [-0.15, -0.1) is 0 Å². The van der Waals surface area contributed by atoms with E-state index >= 15 is 0 Å². The predicted molar refractivity (Wildman–Crippen MR) is 313 cm³/mol. The predicted octanol–water partition coefficient (Wildman–Crippen LogP) is 3.03. The first kappa shape index (κ1) is 67.3. The van der Waals surface area contributed by atoms with Gasteiger partial charge in [0.25, 0.3) is 0 Å². The van der Waals surface area contributed by atoms with E-state index in [4.69, 9.17) is 11.5 Å². The topological polar surface area (TPSA) is 379 Å². The highest BCUT2D eigenvalue weighted by Crippen LogP contribution is 2.31. The number of hydrogen-bond acceptors (Lipinski definition) is 15. The number of hydrogen-bond donors (Lipinski definition) is 11. The molecule has 0 aliphatic carbocycles. The van der Waals surface area contributed by atoms with E-state index < -0.39 is 101 Å². The van der Waals surface area contributed by atoms with E-state index in [9.17, 15) is 53.4 Å². The molecule has 0 saturated carbocycles. The Morgan fingerprint density at radius 3 is 2.05 bits per heavy atom. The first-order valence-electron chi connectivity index (χ1n) is 27.5. The fourth-order valence-electron chi connectivity index (χ4n) is 9.10. The molecule has 1 fully saturated rings. The number of benzene rings is 1. The van der Waals surface area contributed by atoms with Crippen LogP contribution >= 0.6 is 21.6 Å². The van der Waals surface area contributed by atoms with E-state index in [0.29, 0.717) is 29.8 Å². The zero-order chi connectivity index (χ0) is 60.7. The number of nitrogens with one attached hydrogen (secondary N) is 7. The number of aliphatic carboxylic acids is 1. The number of nitrogens with two attached hydrogens (primary N) is 2. The molecule has 450 valence electrons. The normalized spacial score (nSPS) is 16.2. The Labute approximate surface area is 487 Å². The molecule has 4 rings (SSSR count). The van der Waals surface area contributed by atoms with Crippen LogP contribution in [0.15, 0.2) is 66.5 Å². The number of rotatable bonds is 35. The van der Waals surface area contributed by atoms with Crippen molar-refractivity contribution >= 4 is 80.5 Å². The van der Waals surface area contributed by atoms with Crippen LogP contribution in [0.1, 0.15) is 117 Å². The number of phenols is 1. The number of ketones is 2. The standard InChI is InChI=1S/C56H83N13O11S2/c1-9-32(2)41(26-47(72)34(4)64-49(74)37(23-38-27-59-30-62-38)24-48(73)45(65-35(5)70)29-82-81-21-18-33(3)56(6,7)8)50(75)67-43(22-36-14-16-40(71)17-15-36)53(78)69-20-11-13-46(69)52(77)66-42(12-10-19-61-55(57)58)51(76)68-44(54(79)80)25-39-28-60-31-63-39/h14-17,27-28,30-32,34,37,41-46,71H,3,9-13,18-26,29H2,1-2,4-8H3,(H,59,62)(H,60,63)(H,64,74)(H,65,70)(H,66,77)(H,67,75)(H,68,76)(H,79,80)(H4,57,58,61)/t32-,34+,37+,41?,42-,43-,44-,45+,46-/m0/s1. The zero-order valence-corrected chi connectivity index (χ0v) is 49.6. The Morgan fingerprint density at radius 2 is 1.46 bits per heavy atom. The van der Waals surface area contributed by atoms with E-state index in [1.165, 1.54) is 66.7 Å². The molecule has 13 N–H and O–H groups in total. The molecular formula is C56H83N13O11S2. The largest absolute Gasteiger partial charge is 0.508 e. The molecule has 6 amide bonds. The van der Waals surface area contributed by atoms with Crippen molar-refractivity contribution in [2.45, 2.75) is 155 Å². The van der Waals surface area contributed by atoms with Crippen LogP contribution in [0.25, 0.3) is 0 Å². The molecule has 0 bridgehead atoms. The van der Waals surface area contributed by atoms with E-state index in [2.05, 4.69) is 78.9 Å². The lowest BCUT2D eigenvalue weighted by molar-refractivity contribution is -0.144. The van der Waals surface area contributed by atoms with Crippen LogP contribution in [0.5, 0.6) is 5.75 Å². The summed E-state index contributed by atoms with van der Waals surface area (Å²) in [4.78, 5) is 143. The maximum absolute atomic E-state index is 14.8. The van der Waals surface area contributed by atoms with Crippen molar-refractivity contribution in [2.24, 2.45) is 39.6 Å². The molecule has 0 spiro atoms. The van der Waals surface area contributed by atoms with Gasteiger partial charge in [0, 0.05) is 93.3 Å². The Balaban J connectivity index is 1.52. The zero-order valence-electron chi connectivity index (χ0n) is 48.0. The first-order chi connectivity index (χ1) is 38.8. The second kappa shape index (κ2) is 33.0. The van der Waals surface area contributed by atoms with Crippen molar-refractivity contribution in [3.05, 3.63) is 78.4 Å². The Kier molecular flexibility index (Phi) is 27.1. The summed E-state index contributed by atoms with van der Waals surface area (Å²) in [5.41, 5.74) is 13.6. The van der Waals surface area contributed by atoms with Gasteiger partial charge in [-0.1, -0.05) is 86.9 Å². The maximum Gasteiger partial charge on any atom is 0.326 e. The SMILES string of the molecule is C=C(CCSSC[C@@H](NC(C)=O)C(=O)C[C@@H](Cc1cnc[nH]1)C(=O)N[C@H](C)C(=O)CC(C(=O)N[C@@H](Cc1ccc(O)cc1)C(=O)N1CCC[C@H]1C(=O)N[C@@H](CCCN=C(N)N)C(=O)N[C@@H](Cc1cnc[nH]1)C(=O)O)[C@@H](C)CC)C(C)(C)C. The van der Waals surface area contributed by atoms with Crippen LogP contribution in [-0.4, -0.2) is 155 Å². The van der Waals surface area contributed by atoms with E-state index in [1.54, 1.807) is 29.9 Å². The van der Waals surface area contributed by atoms with E-state index in [-0.39, 0.29) is 93.1 Å². The number of allylic oxidation sites excluding steroid dienone is 1. The number of aliphatic imine (C=N–C) groups is 1. The number of guanidine groups is 1. The third-order valence-corrected chi connectivity index (χ3v) is 16.8. The van der Waals surface area contributed by atoms with E-state index in [0.717, 1.165) is 17.7 Å². The lowest BCUT2D eigenvalue weighted by Gasteiger charge is -2.31. The number of Topliss-reactive ketones (excluding diaryl/α,β-unsaturated/α-hetero) is 2. The van der Waals surface area contributed by atoms with Gasteiger partial charge in [-0.05, 0) is 68.1 Å². The number of H-pyrrole nitrogens is 2. The molecule has 3 aromatic rings. The molecule has 1 aliphatic heterocycles. The number of nitrogens with zero attached hydrogens (tertiary/aromatic N) is 4. The quantitative estimate of drug-likeness (QED) is 0.0133. The van der Waals surface area contributed by atoms with E-state index in [1.807, 2.05) is 6.92 Å². The number of amides is 6. The minimum atomic E-state index is -1.39. The fourth-order valence-corrected chi connectivity index (χ4v) is 11.4. The Hall–Kier alpha value is -7.22. The van der Waals surface area contributed by atoms with Gasteiger partial charge >= 0.3 is 5.97 Å². The summed E-state index contributed by atoms with van der Waals surface area (Å²) in [5.74, 6) is -7.60. The van der Waals surface area contributed by atoms with Gasteiger partial charge in [-0.2, -0.15) is 0 Å². The summed E-state index contributed by atoms with van der Waals surface area (Å²) < 4.78 is 0. The van der Waals surface area contributed by atoms with Crippen LogP contribution in [0.3, 0.4) is 0 Å². The van der Waals surface area contributed by atoms with Crippen LogP contribution in [-0.2, 0) is 62.4 Å². The molecule has 9 atom stereocenters. The van der Waals surface area contributed by atoms with Crippen LogP contribution in [0.2, 0.25) is 0 Å². The molecule has 0 radical (unpaired) electrons. The number of aromatic nitrogens is 4. The van der Waals surface area contributed by atoms with Gasteiger partial charge < -0.3 is 63.1 Å². The molecule has 82 heavy (non-hydrogen) atoms. The Morgan fingerprint density at radius 1 is 0.817 bits per heavy atom. The second-order valence-corrected chi connectivity index (χ2v) is 24.4.